The standard InChI is InChI=1S/C25H20BrClN2O4/c1-31-22-9-5-15(11-23(22)32-2)19-13-20-18-12-17(27)8-10-21(18)33-25(29(20)28-19)24(30)14-3-6-16(26)7-4-14/h3-12,20,25H,13H2,1-2H3/t20-,25-/m1/s1. The van der Waals surface area contributed by atoms with Crippen LogP contribution in [0.4, 0.5) is 0 Å². The molecule has 0 saturated carbocycles. The van der Waals surface area contributed by atoms with Crippen LogP contribution in [-0.4, -0.2) is 37.0 Å². The molecule has 0 aliphatic carbocycles. The minimum absolute atomic E-state index is 0.162. The first-order valence-corrected chi connectivity index (χ1v) is 11.5. The van der Waals surface area contributed by atoms with Gasteiger partial charge in [0.25, 0.3) is 6.23 Å². The molecule has 2 aliphatic heterocycles. The number of hydrazone groups is 1. The molecule has 0 amide bonds. The van der Waals surface area contributed by atoms with E-state index >= 15 is 0 Å². The van der Waals surface area contributed by atoms with E-state index in [9.17, 15) is 4.79 Å². The van der Waals surface area contributed by atoms with Crippen LogP contribution < -0.4 is 14.2 Å². The van der Waals surface area contributed by atoms with E-state index in [4.69, 9.17) is 30.9 Å². The number of fused-ring (bicyclic) bond motifs is 3. The van der Waals surface area contributed by atoms with Crippen molar-refractivity contribution in [2.45, 2.75) is 18.7 Å². The number of ketones is 1. The van der Waals surface area contributed by atoms with E-state index in [0.717, 1.165) is 21.3 Å². The number of rotatable bonds is 5. The first-order chi connectivity index (χ1) is 16.0. The highest BCUT2D eigenvalue weighted by Crippen LogP contribution is 2.45. The van der Waals surface area contributed by atoms with Crippen LogP contribution in [0.1, 0.15) is 33.9 Å². The van der Waals surface area contributed by atoms with E-state index in [-0.39, 0.29) is 11.8 Å². The molecular formula is C25H20BrClN2O4. The highest BCUT2D eigenvalue weighted by Gasteiger charge is 2.43. The van der Waals surface area contributed by atoms with Crippen molar-refractivity contribution in [1.29, 1.82) is 0 Å². The Balaban J connectivity index is 1.56. The van der Waals surface area contributed by atoms with Gasteiger partial charge in [-0.3, -0.25) is 4.79 Å². The molecule has 0 fully saturated rings. The highest BCUT2D eigenvalue weighted by molar-refractivity contribution is 9.10. The second-order valence-corrected chi connectivity index (χ2v) is 9.09. The second-order valence-electron chi connectivity index (χ2n) is 7.74. The van der Waals surface area contributed by atoms with Gasteiger partial charge in [-0.2, -0.15) is 5.10 Å². The summed E-state index contributed by atoms with van der Waals surface area (Å²) in [7, 11) is 3.20. The molecule has 3 aromatic rings. The zero-order valence-electron chi connectivity index (χ0n) is 17.9. The number of halogens is 2. The Morgan fingerprint density at radius 2 is 1.82 bits per heavy atom. The third kappa shape index (κ3) is 3.96. The van der Waals surface area contributed by atoms with Gasteiger partial charge in [-0.25, -0.2) is 5.01 Å². The maximum atomic E-state index is 13.4. The summed E-state index contributed by atoms with van der Waals surface area (Å²) in [6, 6.07) is 18.2. The SMILES string of the molecule is COc1ccc(C2=NN3[C@@H](C(=O)c4ccc(Br)cc4)Oc4ccc(Cl)cc4[C@H]3C2)cc1OC. The van der Waals surface area contributed by atoms with Crippen LogP contribution in [0.5, 0.6) is 17.2 Å². The zero-order valence-corrected chi connectivity index (χ0v) is 20.3. The summed E-state index contributed by atoms with van der Waals surface area (Å²) in [4.78, 5) is 13.4. The Bertz CT molecular complexity index is 1260. The molecule has 0 saturated heterocycles. The smallest absolute Gasteiger partial charge is 0.251 e. The number of hydrogen-bond donors (Lipinski definition) is 0. The summed E-state index contributed by atoms with van der Waals surface area (Å²) >= 11 is 9.70. The molecule has 0 spiro atoms. The number of hydrogen-bond acceptors (Lipinski definition) is 6. The molecule has 2 atom stereocenters. The highest BCUT2D eigenvalue weighted by atomic mass is 79.9. The Morgan fingerprint density at radius 1 is 1.06 bits per heavy atom. The molecule has 2 aliphatic rings. The number of methoxy groups -OCH3 is 2. The van der Waals surface area contributed by atoms with Crippen LogP contribution in [0.15, 0.2) is 70.2 Å². The van der Waals surface area contributed by atoms with Gasteiger partial charge in [-0.15, -0.1) is 0 Å². The van der Waals surface area contributed by atoms with Gasteiger partial charge in [0.05, 0.1) is 26.0 Å². The molecule has 0 aromatic heterocycles. The van der Waals surface area contributed by atoms with E-state index in [0.29, 0.717) is 34.3 Å². The van der Waals surface area contributed by atoms with Crippen molar-refractivity contribution in [1.82, 2.24) is 5.01 Å². The average Bonchev–Trinajstić information content (AvgIpc) is 3.29. The lowest BCUT2D eigenvalue weighted by Gasteiger charge is -2.37. The van der Waals surface area contributed by atoms with Crippen molar-refractivity contribution in [2.24, 2.45) is 5.10 Å². The van der Waals surface area contributed by atoms with Crippen LogP contribution in [0.25, 0.3) is 0 Å². The molecule has 8 heteroatoms. The number of Topliss-reactive ketones (excluding diaryl/α,β-unsaturated/α-hetero) is 1. The molecule has 0 unspecified atom stereocenters. The van der Waals surface area contributed by atoms with Gasteiger partial charge in [0, 0.05) is 32.6 Å². The summed E-state index contributed by atoms with van der Waals surface area (Å²) in [5, 5.41) is 7.19. The Hall–Kier alpha value is -3.03. The minimum Gasteiger partial charge on any atom is -0.493 e. The molecule has 33 heavy (non-hydrogen) atoms. The lowest BCUT2D eigenvalue weighted by atomic mass is 9.95. The molecule has 5 rings (SSSR count). The van der Waals surface area contributed by atoms with Crippen LogP contribution in [0.3, 0.4) is 0 Å². The molecule has 3 aromatic carbocycles. The number of ether oxygens (including phenoxy) is 3. The van der Waals surface area contributed by atoms with Gasteiger partial charge in [0.1, 0.15) is 5.75 Å². The van der Waals surface area contributed by atoms with Crippen molar-refractivity contribution < 1.29 is 19.0 Å². The predicted octanol–water partition coefficient (Wildman–Crippen LogP) is 5.87. The Morgan fingerprint density at radius 3 is 2.55 bits per heavy atom. The van der Waals surface area contributed by atoms with Gasteiger partial charge >= 0.3 is 0 Å². The van der Waals surface area contributed by atoms with Crippen molar-refractivity contribution in [2.75, 3.05) is 14.2 Å². The largest absolute Gasteiger partial charge is 0.493 e. The number of benzene rings is 3. The molecule has 0 bridgehead atoms. The van der Waals surface area contributed by atoms with Crippen molar-refractivity contribution >= 4 is 39.0 Å². The molecular weight excluding hydrogens is 508 g/mol. The van der Waals surface area contributed by atoms with E-state index in [1.165, 1.54) is 0 Å². The molecule has 168 valence electrons. The number of carbonyl (C=O) groups excluding carboxylic acids is 1. The zero-order chi connectivity index (χ0) is 23.1. The summed E-state index contributed by atoms with van der Waals surface area (Å²) < 4.78 is 17.9. The maximum Gasteiger partial charge on any atom is 0.251 e. The van der Waals surface area contributed by atoms with Crippen molar-refractivity contribution in [3.8, 4) is 17.2 Å². The van der Waals surface area contributed by atoms with E-state index in [1.807, 2.05) is 42.5 Å². The molecule has 6 nitrogen and oxygen atoms in total. The minimum atomic E-state index is -0.887. The van der Waals surface area contributed by atoms with Gasteiger partial charge in [0.2, 0.25) is 5.78 Å². The summed E-state index contributed by atoms with van der Waals surface area (Å²) in [6.45, 7) is 0. The predicted molar refractivity (Wildman–Crippen MR) is 130 cm³/mol. The fourth-order valence-electron chi connectivity index (χ4n) is 4.18. The lowest BCUT2D eigenvalue weighted by molar-refractivity contribution is -0.00455. The summed E-state index contributed by atoms with van der Waals surface area (Å²) in [5.74, 6) is 1.73. The van der Waals surface area contributed by atoms with Gasteiger partial charge in [-0.1, -0.05) is 39.7 Å². The van der Waals surface area contributed by atoms with E-state index < -0.39 is 6.23 Å². The number of carbonyl (C=O) groups is 1. The van der Waals surface area contributed by atoms with Crippen molar-refractivity contribution in [3.63, 3.8) is 0 Å². The Labute approximate surface area is 204 Å². The molecule has 2 heterocycles. The third-order valence-corrected chi connectivity index (χ3v) is 6.59. The van der Waals surface area contributed by atoms with Gasteiger partial charge < -0.3 is 14.2 Å². The first-order valence-electron chi connectivity index (χ1n) is 10.3. The first kappa shape index (κ1) is 21.8. The maximum absolute atomic E-state index is 13.4. The monoisotopic (exact) mass is 526 g/mol. The van der Waals surface area contributed by atoms with Gasteiger partial charge in [-0.05, 0) is 48.5 Å². The number of nitrogens with zero attached hydrogens (tertiary/aromatic N) is 2. The Kier molecular flexibility index (Phi) is 5.76. The fraction of sp³-hybridized carbons (Fsp3) is 0.200. The van der Waals surface area contributed by atoms with Crippen LogP contribution in [0.2, 0.25) is 5.02 Å². The van der Waals surface area contributed by atoms with Crippen LogP contribution in [-0.2, 0) is 0 Å². The fourth-order valence-corrected chi connectivity index (χ4v) is 4.62. The second kappa shape index (κ2) is 8.72. The lowest BCUT2D eigenvalue weighted by Crippen LogP contribution is -2.45. The van der Waals surface area contributed by atoms with Crippen LogP contribution in [0, 0.1) is 0 Å². The quantitative estimate of drug-likeness (QED) is 0.388. The van der Waals surface area contributed by atoms with Crippen molar-refractivity contribution in [3.05, 3.63) is 86.8 Å². The van der Waals surface area contributed by atoms with E-state index in [1.54, 1.807) is 37.4 Å². The third-order valence-electron chi connectivity index (χ3n) is 5.82. The normalized spacial score (nSPS) is 18.7. The van der Waals surface area contributed by atoms with E-state index in [2.05, 4.69) is 15.9 Å². The summed E-state index contributed by atoms with van der Waals surface area (Å²) in [6.07, 6.45) is -0.293. The topological polar surface area (TPSA) is 60.4 Å². The molecule has 0 radical (unpaired) electrons. The summed E-state index contributed by atoms with van der Waals surface area (Å²) in [5.41, 5.74) is 3.17. The van der Waals surface area contributed by atoms with Crippen LogP contribution >= 0.6 is 27.5 Å². The average molecular weight is 528 g/mol. The van der Waals surface area contributed by atoms with Gasteiger partial charge in [0.15, 0.2) is 11.5 Å². The molecule has 0 N–H and O–H groups in total.